The molecule has 0 bridgehead atoms. The van der Waals surface area contributed by atoms with Crippen LogP contribution in [0.4, 0.5) is 5.69 Å². The monoisotopic (exact) mass is 784 g/mol. The summed E-state index contributed by atoms with van der Waals surface area (Å²) in [6.45, 7) is 0. The van der Waals surface area contributed by atoms with Crippen LogP contribution in [0.15, 0.2) is 60.2 Å². The minimum Gasteiger partial charge on any atom is -0.504 e. The van der Waals surface area contributed by atoms with Crippen molar-refractivity contribution in [3.05, 3.63) is 69.3 Å². The number of aromatic hydroxyl groups is 1. The molecule has 4 amide bonds. The molecule has 42 heavy (non-hydrogen) atoms. The molecule has 12 heteroatoms. The van der Waals surface area contributed by atoms with E-state index in [1.54, 1.807) is 36.4 Å². The molecule has 1 saturated carbocycles. The number of imide groups is 2. The summed E-state index contributed by atoms with van der Waals surface area (Å²) in [6, 6.07) is 11.9. The number of ether oxygens (including phenoxy) is 1. The van der Waals surface area contributed by atoms with E-state index < -0.39 is 45.2 Å². The van der Waals surface area contributed by atoms with Crippen molar-refractivity contribution in [2.24, 2.45) is 23.7 Å². The van der Waals surface area contributed by atoms with Crippen molar-refractivity contribution in [3.63, 3.8) is 0 Å². The second-order valence-electron chi connectivity index (χ2n) is 10.8. The normalized spacial score (nSPS) is 32.3. The molecule has 4 aliphatic rings. The summed E-state index contributed by atoms with van der Waals surface area (Å²) < 4.78 is 6.19. The van der Waals surface area contributed by atoms with Crippen LogP contribution >= 0.6 is 61.7 Å². The Bertz CT molecular complexity index is 1600. The van der Waals surface area contributed by atoms with Crippen molar-refractivity contribution >= 4 is 97.1 Å². The Kier molecular flexibility index (Phi) is 7.51. The summed E-state index contributed by atoms with van der Waals surface area (Å²) >= 11 is 19.8. The van der Waals surface area contributed by atoms with Crippen LogP contribution in [-0.2, 0) is 19.2 Å². The number of phenolic OH excluding ortho intramolecular Hbond substituents is 1. The minimum absolute atomic E-state index is 0.0337. The number of fused-ring (bicyclic) bond motifs is 4. The molecule has 8 nitrogen and oxygen atoms in total. The molecule has 218 valence electrons. The van der Waals surface area contributed by atoms with Crippen LogP contribution in [0.3, 0.4) is 0 Å². The fourth-order valence-corrected chi connectivity index (χ4v) is 8.59. The van der Waals surface area contributed by atoms with Gasteiger partial charge in [-0.2, -0.15) is 0 Å². The lowest BCUT2D eigenvalue weighted by Crippen LogP contribution is -2.60. The standard InChI is InChI=1S/C30H24BrCl2IN2O6/c1-42-23-12-15(3-11-22(23)37)2-10-21-18-8-9-19-24(26(39)36(25(19)38)17-6-4-16(34)5-7-17)20(18)13-29(32)27(40)35(14-31)28(41)30(21,29)33/h2-8,10-12,19-21,24,37H,9,13-14H2,1H3. The van der Waals surface area contributed by atoms with E-state index in [1.165, 1.54) is 18.1 Å². The van der Waals surface area contributed by atoms with Gasteiger partial charge in [0.05, 0.1) is 30.1 Å². The molecular weight excluding hydrogens is 762 g/mol. The highest BCUT2D eigenvalue weighted by Crippen LogP contribution is 2.63. The molecule has 2 aromatic carbocycles. The molecule has 0 spiro atoms. The van der Waals surface area contributed by atoms with Gasteiger partial charge in [-0.1, -0.05) is 45.8 Å². The van der Waals surface area contributed by atoms with Crippen LogP contribution < -0.4 is 9.64 Å². The first kappa shape index (κ1) is 29.7. The number of hydrogen-bond acceptors (Lipinski definition) is 6. The van der Waals surface area contributed by atoms with Gasteiger partial charge < -0.3 is 9.84 Å². The van der Waals surface area contributed by atoms with Crippen LogP contribution in [0, 0.1) is 27.2 Å². The van der Waals surface area contributed by atoms with Gasteiger partial charge in [0.15, 0.2) is 21.2 Å². The number of benzene rings is 2. The van der Waals surface area contributed by atoms with Crippen LogP contribution in [0.1, 0.15) is 18.4 Å². The van der Waals surface area contributed by atoms with Gasteiger partial charge in [0.25, 0.3) is 11.8 Å². The zero-order valence-corrected chi connectivity index (χ0v) is 27.4. The van der Waals surface area contributed by atoms with Gasteiger partial charge in [0.2, 0.25) is 11.8 Å². The maximum absolute atomic E-state index is 14.0. The average Bonchev–Trinajstić information content (AvgIpc) is 3.31. The molecule has 6 unspecified atom stereocenters. The topological polar surface area (TPSA) is 104 Å². The first-order valence-electron chi connectivity index (χ1n) is 13.2. The molecule has 6 atom stereocenters. The van der Waals surface area contributed by atoms with Crippen molar-refractivity contribution in [1.29, 1.82) is 0 Å². The third-order valence-electron chi connectivity index (χ3n) is 8.84. The highest BCUT2D eigenvalue weighted by Gasteiger charge is 2.75. The molecule has 0 radical (unpaired) electrons. The Morgan fingerprint density at radius 1 is 1.07 bits per heavy atom. The molecule has 1 N–H and O–H groups in total. The molecule has 2 aromatic rings. The van der Waals surface area contributed by atoms with E-state index in [1.807, 2.05) is 18.2 Å². The maximum Gasteiger partial charge on any atom is 0.254 e. The Hall–Kier alpha value is -2.41. The summed E-state index contributed by atoms with van der Waals surface area (Å²) in [7, 11) is 1.43. The number of anilines is 1. The van der Waals surface area contributed by atoms with Crippen molar-refractivity contribution < 1.29 is 29.0 Å². The maximum atomic E-state index is 14.0. The second-order valence-corrected chi connectivity index (χ2v) is 13.8. The summed E-state index contributed by atoms with van der Waals surface area (Å²) in [5.74, 6) is -4.56. The molecule has 2 aliphatic carbocycles. The van der Waals surface area contributed by atoms with E-state index in [4.69, 9.17) is 27.9 Å². The molecule has 0 aromatic heterocycles. The van der Waals surface area contributed by atoms with E-state index in [9.17, 15) is 24.3 Å². The largest absolute Gasteiger partial charge is 0.504 e. The van der Waals surface area contributed by atoms with E-state index in [2.05, 4.69) is 38.5 Å². The Balaban J connectivity index is 1.46. The predicted octanol–water partition coefficient (Wildman–Crippen LogP) is 5.47. The number of nitrogens with zero attached hydrogens (tertiary/aromatic N) is 2. The predicted molar refractivity (Wildman–Crippen MR) is 169 cm³/mol. The number of methoxy groups -OCH3 is 1. The number of carbonyl (C=O) groups is 4. The molecule has 6 rings (SSSR count). The molecule has 3 fully saturated rings. The van der Waals surface area contributed by atoms with Gasteiger partial charge in [0, 0.05) is 9.49 Å². The molecule has 2 aliphatic heterocycles. The molecule has 2 saturated heterocycles. The smallest absolute Gasteiger partial charge is 0.254 e. The first-order chi connectivity index (χ1) is 20.0. The lowest BCUT2D eigenvalue weighted by molar-refractivity contribution is -0.138. The zero-order chi connectivity index (χ0) is 30.1. The number of amides is 4. The van der Waals surface area contributed by atoms with Crippen molar-refractivity contribution in [2.45, 2.75) is 22.6 Å². The van der Waals surface area contributed by atoms with Crippen LogP contribution in [0.5, 0.6) is 11.5 Å². The molecule has 2 heterocycles. The van der Waals surface area contributed by atoms with Crippen molar-refractivity contribution in [1.82, 2.24) is 4.90 Å². The number of alkyl halides is 3. The van der Waals surface area contributed by atoms with Crippen molar-refractivity contribution in [2.75, 3.05) is 17.5 Å². The van der Waals surface area contributed by atoms with Gasteiger partial charge in [-0.05, 0) is 83.3 Å². The lowest BCUT2D eigenvalue weighted by Gasteiger charge is -2.49. The second kappa shape index (κ2) is 10.6. The quantitative estimate of drug-likeness (QED) is 0.142. The summed E-state index contributed by atoms with van der Waals surface area (Å²) in [4.78, 5) is 53.6. The lowest BCUT2D eigenvalue weighted by atomic mass is 9.57. The first-order valence-corrected chi connectivity index (χ1v) is 16.1. The highest BCUT2D eigenvalue weighted by molar-refractivity contribution is 14.1. The van der Waals surface area contributed by atoms with Gasteiger partial charge in [-0.25, -0.2) is 0 Å². The number of phenols is 1. The van der Waals surface area contributed by atoms with Gasteiger partial charge in [0.1, 0.15) is 0 Å². The Morgan fingerprint density at radius 3 is 2.45 bits per heavy atom. The minimum atomic E-state index is -1.87. The van der Waals surface area contributed by atoms with E-state index in [0.717, 1.165) is 8.47 Å². The average molecular weight is 786 g/mol. The highest BCUT2D eigenvalue weighted by atomic mass is 127. The third-order valence-corrected chi connectivity index (χ3v) is 11.5. The number of halogens is 4. The zero-order valence-electron chi connectivity index (χ0n) is 22.1. The van der Waals surface area contributed by atoms with Crippen LogP contribution in [0.2, 0.25) is 0 Å². The number of hydrogen-bond donors (Lipinski definition) is 1. The van der Waals surface area contributed by atoms with Crippen LogP contribution in [0.25, 0.3) is 6.08 Å². The van der Waals surface area contributed by atoms with Gasteiger partial charge in [-0.3, -0.25) is 29.0 Å². The number of rotatable bonds is 5. The van der Waals surface area contributed by atoms with E-state index >= 15 is 0 Å². The van der Waals surface area contributed by atoms with Gasteiger partial charge >= 0.3 is 0 Å². The fraction of sp³-hybridized carbons (Fsp3) is 0.333. The SMILES string of the molecule is COc1cc(C=CC2C3=CCC4C(=O)N(c5ccc(I)cc5)C(=O)C4C3CC3(Cl)C(=O)N(CBr)C(=O)C23Cl)ccc1O. The fourth-order valence-electron chi connectivity index (χ4n) is 6.85. The third kappa shape index (κ3) is 4.11. The number of carbonyl (C=O) groups excluding carboxylic acids is 4. The number of likely N-dealkylation sites (tertiary alicyclic amines) is 1. The molecular formula is C30H24BrCl2IN2O6. The summed E-state index contributed by atoms with van der Waals surface area (Å²) in [5, 5.41) is 10.0. The Morgan fingerprint density at radius 2 is 1.79 bits per heavy atom. The van der Waals surface area contributed by atoms with E-state index in [-0.39, 0.29) is 41.6 Å². The van der Waals surface area contributed by atoms with Crippen molar-refractivity contribution in [3.8, 4) is 11.5 Å². The summed E-state index contributed by atoms with van der Waals surface area (Å²) in [5.41, 5.74) is 1.74. The number of allylic oxidation sites excluding steroid dienone is 3. The summed E-state index contributed by atoms with van der Waals surface area (Å²) in [6.07, 6.45) is 5.53. The Labute approximate surface area is 273 Å². The van der Waals surface area contributed by atoms with Gasteiger partial charge in [-0.15, -0.1) is 23.2 Å². The van der Waals surface area contributed by atoms with E-state index in [0.29, 0.717) is 16.8 Å². The van der Waals surface area contributed by atoms with Crippen LogP contribution in [-0.4, -0.2) is 55.9 Å².